The van der Waals surface area contributed by atoms with Gasteiger partial charge in [-0.15, -0.1) is 0 Å². The Balaban J connectivity index is 2.12. The SMILES string of the molecule is N/C(=C/C(=O)c1cnccn1)C1CC1. The first-order valence-electron chi connectivity index (χ1n) is 4.55. The third-order valence-electron chi connectivity index (χ3n) is 2.16. The monoisotopic (exact) mass is 189 g/mol. The summed E-state index contributed by atoms with van der Waals surface area (Å²) in [5.74, 6) is 0.248. The molecule has 1 aromatic rings. The van der Waals surface area contributed by atoms with Gasteiger partial charge in [0.15, 0.2) is 0 Å². The van der Waals surface area contributed by atoms with E-state index in [2.05, 4.69) is 9.97 Å². The number of rotatable bonds is 3. The van der Waals surface area contributed by atoms with Crippen LogP contribution in [0, 0.1) is 5.92 Å². The molecule has 1 aromatic heterocycles. The van der Waals surface area contributed by atoms with Crippen molar-refractivity contribution in [2.24, 2.45) is 11.7 Å². The number of carbonyl (C=O) groups is 1. The van der Waals surface area contributed by atoms with E-state index in [9.17, 15) is 4.79 Å². The number of carbonyl (C=O) groups excluding carboxylic acids is 1. The number of allylic oxidation sites excluding steroid dienone is 2. The molecular formula is C10H11N3O. The van der Waals surface area contributed by atoms with Crippen molar-refractivity contribution in [3.8, 4) is 0 Å². The first-order valence-corrected chi connectivity index (χ1v) is 4.55. The van der Waals surface area contributed by atoms with Crippen LogP contribution in [0.2, 0.25) is 0 Å². The van der Waals surface area contributed by atoms with Gasteiger partial charge < -0.3 is 5.73 Å². The second kappa shape index (κ2) is 3.57. The highest BCUT2D eigenvalue weighted by Gasteiger charge is 2.24. The Morgan fingerprint density at radius 3 is 2.86 bits per heavy atom. The fourth-order valence-corrected chi connectivity index (χ4v) is 1.19. The van der Waals surface area contributed by atoms with Crippen molar-refractivity contribution >= 4 is 5.78 Å². The van der Waals surface area contributed by atoms with Crippen LogP contribution >= 0.6 is 0 Å². The Hall–Kier alpha value is -1.71. The van der Waals surface area contributed by atoms with Crippen LogP contribution in [-0.4, -0.2) is 15.8 Å². The highest BCUT2D eigenvalue weighted by Crippen LogP contribution is 2.33. The summed E-state index contributed by atoms with van der Waals surface area (Å²) in [6, 6.07) is 0. The minimum Gasteiger partial charge on any atom is -0.402 e. The van der Waals surface area contributed by atoms with E-state index >= 15 is 0 Å². The lowest BCUT2D eigenvalue weighted by Gasteiger charge is -1.96. The fourth-order valence-electron chi connectivity index (χ4n) is 1.19. The molecule has 0 bridgehead atoms. The Kier molecular flexibility index (Phi) is 2.26. The van der Waals surface area contributed by atoms with E-state index in [0.717, 1.165) is 12.8 Å². The van der Waals surface area contributed by atoms with E-state index in [0.29, 0.717) is 17.3 Å². The summed E-state index contributed by atoms with van der Waals surface area (Å²) in [4.78, 5) is 19.2. The van der Waals surface area contributed by atoms with E-state index in [1.165, 1.54) is 24.7 Å². The van der Waals surface area contributed by atoms with Crippen LogP contribution in [0.5, 0.6) is 0 Å². The van der Waals surface area contributed by atoms with Crippen molar-refractivity contribution < 1.29 is 4.79 Å². The molecule has 2 rings (SSSR count). The molecule has 0 saturated heterocycles. The smallest absolute Gasteiger partial charge is 0.207 e. The normalized spacial score (nSPS) is 16.7. The summed E-state index contributed by atoms with van der Waals surface area (Å²) in [7, 11) is 0. The van der Waals surface area contributed by atoms with Crippen molar-refractivity contribution in [1.82, 2.24) is 9.97 Å². The number of nitrogens with two attached hydrogens (primary N) is 1. The van der Waals surface area contributed by atoms with Gasteiger partial charge in [0.2, 0.25) is 5.78 Å². The van der Waals surface area contributed by atoms with Gasteiger partial charge in [0.05, 0.1) is 6.20 Å². The molecule has 1 aliphatic carbocycles. The molecule has 4 heteroatoms. The lowest BCUT2D eigenvalue weighted by Crippen LogP contribution is -2.06. The standard InChI is InChI=1S/C10H11N3O/c11-8(7-1-2-7)5-10(14)9-6-12-3-4-13-9/h3-7H,1-2,11H2/b8-5+. The van der Waals surface area contributed by atoms with Crippen LogP contribution < -0.4 is 5.73 Å². The molecule has 1 fully saturated rings. The van der Waals surface area contributed by atoms with Crippen LogP contribution in [0.15, 0.2) is 30.4 Å². The summed E-state index contributed by atoms with van der Waals surface area (Å²) in [5.41, 5.74) is 6.72. The fraction of sp³-hybridized carbons (Fsp3) is 0.300. The zero-order chi connectivity index (χ0) is 9.97. The molecule has 14 heavy (non-hydrogen) atoms. The van der Waals surface area contributed by atoms with Gasteiger partial charge >= 0.3 is 0 Å². The number of nitrogens with zero attached hydrogens (tertiary/aromatic N) is 2. The first-order chi connectivity index (χ1) is 6.77. The molecule has 0 spiro atoms. The van der Waals surface area contributed by atoms with Crippen molar-refractivity contribution in [1.29, 1.82) is 0 Å². The van der Waals surface area contributed by atoms with E-state index < -0.39 is 0 Å². The van der Waals surface area contributed by atoms with Gasteiger partial charge in [0.25, 0.3) is 0 Å². The lowest BCUT2D eigenvalue weighted by molar-refractivity contribution is 0.104. The van der Waals surface area contributed by atoms with Gasteiger partial charge in [-0.2, -0.15) is 0 Å². The second-order valence-electron chi connectivity index (χ2n) is 3.37. The van der Waals surface area contributed by atoms with E-state index in [1.807, 2.05) is 0 Å². The Bertz CT molecular complexity index is 368. The zero-order valence-corrected chi connectivity index (χ0v) is 7.68. The van der Waals surface area contributed by atoms with Gasteiger partial charge in [-0.1, -0.05) is 0 Å². The van der Waals surface area contributed by atoms with Gasteiger partial charge in [-0.05, 0) is 18.8 Å². The number of ketones is 1. The highest BCUT2D eigenvalue weighted by atomic mass is 16.1. The largest absolute Gasteiger partial charge is 0.402 e. The molecule has 0 aliphatic heterocycles. The van der Waals surface area contributed by atoms with Crippen molar-refractivity contribution in [2.45, 2.75) is 12.8 Å². The van der Waals surface area contributed by atoms with E-state index in [1.54, 1.807) is 0 Å². The molecule has 0 aromatic carbocycles. The summed E-state index contributed by atoms with van der Waals surface area (Å²) < 4.78 is 0. The minimum absolute atomic E-state index is 0.164. The third kappa shape index (κ3) is 1.96. The highest BCUT2D eigenvalue weighted by molar-refractivity contribution is 6.03. The lowest BCUT2D eigenvalue weighted by atomic mass is 10.2. The molecule has 0 atom stereocenters. The average Bonchev–Trinajstić information content (AvgIpc) is 3.02. The van der Waals surface area contributed by atoms with Gasteiger partial charge in [-0.25, -0.2) is 4.98 Å². The maximum Gasteiger partial charge on any atom is 0.207 e. The van der Waals surface area contributed by atoms with Crippen LogP contribution in [-0.2, 0) is 0 Å². The summed E-state index contributed by atoms with van der Waals surface area (Å²) in [5, 5.41) is 0. The van der Waals surface area contributed by atoms with E-state index in [-0.39, 0.29) is 5.78 Å². The zero-order valence-electron chi connectivity index (χ0n) is 7.68. The van der Waals surface area contributed by atoms with E-state index in [4.69, 9.17) is 5.73 Å². The molecule has 4 nitrogen and oxygen atoms in total. The maximum absolute atomic E-state index is 11.5. The van der Waals surface area contributed by atoms with Gasteiger partial charge in [-0.3, -0.25) is 9.78 Å². The molecule has 1 saturated carbocycles. The summed E-state index contributed by atoms with van der Waals surface area (Å²) in [6.07, 6.45) is 8.12. The Morgan fingerprint density at radius 2 is 2.29 bits per heavy atom. The average molecular weight is 189 g/mol. The first kappa shape index (κ1) is 8.87. The minimum atomic E-state index is -0.164. The maximum atomic E-state index is 11.5. The Morgan fingerprint density at radius 1 is 1.50 bits per heavy atom. The predicted octanol–water partition coefficient (Wildman–Crippen LogP) is 0.912. The van der Waals surface area contributed by atoms with Crippen LogP contribution in [0.1, 0.15) is 23.3 Å². The van der Waals surface area contributed by atoms with Gasteiger partial charge in [0.1, 0.15) is 5.69 Å². The molecular weight excluding hydrogens is 178 g/mol. The molecule has 1 aliphatic rings. The molecule has 0 radical (unpaired) electrons. The van der Waals surface area contributed by atoms with Gasteiger partial charge in [0, 0.05) is 24.2 Å². The van der Waals surface area contributed by atoms with Crippen LogP contribution in [0.4, 0.5) is 0 Å². The molecule has 0 unspecified atom stereocenters. The number of hydrogen-bond acceptors (Lipinski definition) is 4. The summed E-state index contributed by atoms with van der Waals surface area (Å²) in [6.45, 7) is 0. The van der Waals surface area contributed by atoms with Crippen molar-refractivity contribution in [3.63, 3.8) is 0 Å². The third-order valence-corrected chi connectivity index (χ3v) is 2.16. The number of aromatic nitrogens is 2. The number of hydrogen-bond donors (Lipinski definition) is 1. The predicted molar refractivity (Wildman–Crippen MR) is 51.4 cm³/mol. The Labute approximate surface area is 81.9 Å². The molecule has 2 N–H and O–H groups in total. The van der Waals surface area contributed by atoms with Crippen molar-refractivity contribution in [2.75, 3.05) is 0 Å². The van der Waals surface area contributed by atoms with Crippen LogP contribution in [0.3, 0.4) is 0 Å². The molecule has 0 amide bonds. The molecule has 1 heterocycles. The topological polar surface area (TPSA) is 68.9 Å². The second-order valence-corrected chi connectivity index (χ2v) is 3.37. The molecule has 72 valence electrons. The quantitative estimate of drug-likeness (QED) is 0.567. The van der Waals surface area contributed by atoms with Crippen molar-refractivity contribution in [3.05, 3.63) is 36.1 Å². The summed E-state index contributed by atoms with van der Waals surface area (Å²) >= 11 is 0. The van der Waals surface area contributed by atoms with Crippen LogP contribution in [0.25, 0.3) is 0 Å².